The van der Waals surface area contributed by atoms with Crippen molar-refractivity contribution in [2.75, 3.05) is 0 Å². The fourth-order valence-corrected chi connectivity index (χ4v) is 13.2. The first-order chi connectivity index (χ1) is 31.7. The molecule has 2 heteroatoms. The van der Waals surface area contributed by atoms with Crippen molar-refractivity contribution in [3.63, 3.8) is 0 Å². The van der Waals surface area contributed by atoms with Crippen molar-refractivity contribution in [1.82, 2.24) is 0 Å². The van der Waals surface area contributed by atoms with Crippen LogP contribution in [0.25, 0.3) is 140 Å². The molecule has 296 valence electrons. The van der Waals surface area contributed by atoms with E-state index in [0.717, 1.165) is 21.9 Å². The van der Waals surface area contributed by atoms with Gasteiger partial charge in [-0.3, -0.25) is 0 Å². The molecule has 0 aliphatic carbocycles. The van der Waals surface area contributed by atoms with E-state index in [-0.39, 0.29) is 14.5 Å². The molecule has 2 heterocycles. The predicted molar refractivity (Wildman–Crippen MR) is 275 cm³/mol. The van der Waals surface area contributed by atoms with Crippen molar-refractivity contribution in [3.8, 4) is 44.5 Å². The van der Waals surface area contributed by atoms with E-state index >= 15 is 0 Å². The Labute approximate surface area is 374 Å². The van der Waals surface area contributed by atoms with Gasteiger partial charge < -0.3 is 4.42 Å². The molecule has 14 rings (SSSR count). The maximum atomic E-state index is 6.45. The van der Waals surface area contributed by atoms with Crippen LogP contribution in [0.3, 0.4) is 0 Å². The third kappa shape index (κ3) is 5.31. The first kappa shape index (κ1) is 35.8. The van der Waals surface area contributed by atoms with Gasteiger partial charge in [0.2, 0.25) is 0 Å². The zero-order valence-corrected chi connectivity index (χ0v) is 36.3. The first-order valence-electron chi connectivity index (χ1n) is 22.0. The summed E-state index contributed by atoms with van der Waals surface area (Å²) in [5, 5.41) is 17.6. The number of rotatable bonds is 4. The van der Waals surface area contributed by atoms with Gasteiger partial charge in [-0.05, 0) is 22.9 Å². The molecule has 0 saturated heterocycles. The molecule has 0 amide bonds. The molecule has 0 fully saturated rings. The van der Waals surface area contributed by atoms with Crippen molar-refractivity contribution in [2.45, 2.75) is 0 Å². The van der Waals surface area contributed by atoms with Gasteiger partial charge >= 0.3 is 320 Å². The van der Waals surface area contributed by atoms with Crippen LogP contribution < -0.4 is 0 Å². The summed E-state index contributed by atoms with van der Waals surface area (Å²) in [6.07, 6.45) is 0. The van der Waals surface area contributed by atoms with Crippen LogP contribution in [0, 0.1) is 0 Å². The number of benzene rings is 12. The van der Waals surface area contributed by atoms with E-state index in [9.17, 15) is 0 Å². The Morgan fingerprint density at radius 1 is 0.234 bits per heavy atom. The molecule has 0 atom stereocenters. The number of hydrogen-bond acceptors (Lipinski definition) is 1. The summed E-state index contributed by atoms with van der Waals surface area (Å²) in [6, 6.07) is 81.0. The van der Waals surface area contributed by atoms with Crippen LogP contribution in [0.4, 0.5) is 0 Å². The minimum atomic E-state index is 0.185. The summed E-state index contributed by atoms with van der Waals surface area (Å²) in [5.74, 6) is 0. The summed E-state index contributed by atoms with van der Waals surface area (Å²) in [6.45, 7) is 0. The molecule has 0 aliphatic heterocycles. The number of furan rings is 1. The molecule has 0 saturated carbocycles. The second kappa shape index (κ2) is 13.9. The summed E-state index contributed by atoms with van der Waals surface area (Å²) in [5.41, 5.74) is 12.0. The molecule has 2 aromatic heterocycles. The predicted octanol–water partition coefficient (Wildman–Crippen LogP) is 17.4. The van der Waals surface area contributed by atoms with E-state index in [4.69, 9.17) is 4.42 Å². The van der Waals surface area contributed by atoms with Crippen LogP contribution in [-0.4, -0.2) is 14.5 Å². The molecule has 14 aromatic rings. The van der Waals surface area contributed by atoms with Gasteiger partial charge in [0.25, 0.3) is 0 Å². The summed E-state index contributed by atoms with van der Waals surface area (Å²) in [7, 11) is 0. The SMILES string of the molecule is c1ccc(-c2c3ccccc3c(-c3ccc4c(c3)[se]c3ccc(-c5c6ccccc6c(-c6ccc7oc8cc9ccccc9cc8c7c6)c6ccccc56)cc34)c3ccccc23)cc1. The Morgan fingerprint density at radius 2 is 0.656 bits per heavy atom. The van der Waals surface area contributed by atoms with E-state index in [2.05, 4.69) is 218 Å². The van der Waals surface area contributed by atoms with E-state index in [1.165, 1.54) is 118 Å². The minimum absolute atomic E-state index is 0.185. The second-order valence-corrected chi connectivity index (χ2v) is 19.4. The molecule has 0 N–H and O–H groups in total. The molecule has 0 radical (unpaired) electrons. The molecular weight excluding hydrogens is 840 g/mol. The average molecular weight is 876 g/mol. The van der Waals surface area contributed by atoms with E-state index in [1.54, 1.807) is 0 Å². The van der Waals surface area contributed by atoms with E-state index in [0.29, 0.717) is 0 Å². The average Bonchev–Trinajstić information content (AvgIpc) is 3.90. The third-order valence-corrected chi connectivity index (χ3v) is 16.0. The van der Waals surface area contributed by atoms with Crippen molar-refractivity contribution in [2.24, 2.45) is 0 Å². The van der Waals surface area contributed by atoms with Crippen molar-refractivity contribution in [3.05, 3.63) is 218 Å². The summed E-state index contributed by atoms with van der Waals surface area (Å²) < 4.78 is 9.33. The quantitative estimate of drug-likeness (QED) is 0.127. The molecule has 1 nitrogen and oxygen atoms in total. The van der Waals surface area contributed by atoms with Crippen LogP contribution in [0.2, 0.25) is 0 Å². The molecule has 0 unspecified atom stereocenters. The van der Waals surface area contributed by atoms with Gasteiger partial charge in [0.15, 0.2) is 0 Å². The van der Waals surface area contributed by atoms with Gasteiger partial charge in [0.1, 0.15) is 5.58 Å². The maximum absolute atomic E-state index is 6.45. The van der Waals surface area contributed by atoms with Crippen molar-refractivity contribution in [1.29, 1.82) is 0 Å². The fraction of sp³-hybridized carbons (Fsp3) is 0. The number of hydrogen-bond donors (Lipinski definition) is 0. The van der Waals surface area contributed by atoms with Crippen molar-refractivity contribution < 1.29 is 4.42 Å². The van der Waals surface area contributed by atoms with Crippen LogP contribution in [0.1, 0.15) is 0 Å². The third-order valence-electron chi connectivity index (χ3n) is 13.6. The Balaban J connectivity index is 0.945. The van der Waals surface area contributed by atoms with Gasteiger partial charge in [-0.25, -0.2) is 0 Å². The molecule has 0 aliphatic rings. The van der Waals surface area contributed by atoms with Gasteiger partial charge in [0.05, 0.1) is 0 Å². The fourth-order valence-electron chi connectivity index (χ4n) is 10.8. The zero-order chi connectivity index (χ0) is 41.9. The Bertz CT molecular complexity index is 4130. The zero-order valence-electron chi connectivity index (χ0n) is 34.6. The summed E-state index contributed by atoms with van der Waals surface area (Å²) in [4.78, 5) is 0. The molecular formula is C62H36OSe. The topological polar surface area (TPSA) is 13.1 Å². The second-order valence-electron chi connectivity index (χ2n) is 17.1. The van der Waals surface area contributed by atoms with Crippen LogP contribution >= 0.6 is 0 Å². The van der Waals surface area contributed by atoms with E-state index < -0.39 is 0 Å². The van der Waals surface area contributed by atoms with Gasteiger partial charge in [-0.2, -0.15) is 0 Å². The van der Waals surface area contributed by atoms with Crippen LogP contribution in [-0.2, 0) is 0 Å². The monoisotopic (exact) mass is 876 g/mol. The molecule has 64 heavy (non-hydrogen) atoms. The van der Waals surface area contributed by atoms with Gasteiger partial charge in [-0.15, -0.1) is 0 Å². The van der Waals surface area contributed by atoms with Gasteiger partial charge in [-0.1, -0.05) is 24.3 Å². The Hall–Kier alpha value is -7.74. The van der Waals surface area contributed by atoms with Crippen molar-refractivity contribution >= 4 is 110 Å². The van der Waals surface area contributed by atoms with Gasteiger partial charge in [0, 0.05) is 0 Å². The van der Waals surface area contributed by atoms with Crippen LogP contribution in [0.15, 0.2) is 223 Å². The first-order valence-corrected chi connectivity index (χ1v) is 23.7. The molecule has 0 spiro atoms. The Kier molecular flexibility index (Phi) is 7.77. The summed E-state index contributed by atoms with van der Waals surface area (Å²) >= 11 is 0.185. The van der Waals surface area contributed by atoms with E-state index in [1.807, 2.05) is 0 Å². The normalized spacial score (nSPS) is 12.1. The number of fused-ring (bicyclic) bond motifs is 11. The molecule has 12 aromatic carbocycles. The van der Waals surface area contributed by atoms with Crippen LogP contribution in [0.5, 0.6) is 0 Å². The Morgan fingerprint density at radius 3 is 1.22 bits per heavy atom. The molecule has 0 bridgehead atoms. The standard InChI is InChI=1S/C62H36OSe/c1-2-14-37(15-3-1)59-44-18-6-8-20-46(44)62(47-21-9-7-19-45(47)59)42-26-29-43-54-34-41(28-31-57(54)64-58(43)36-42)61-50-24-12-10-22-48(50)60(49-23-11-13-25-51(49)61)40-27-30-55-52(33-40)53-32-38-16-4-5-17-39(38)35-56(53)63-55/h1-36H.